The lowest BCUT2D eigenvalue weighted by Crippen LogP contribution is -2.33. The molecule has 0 saturated carbocycles. The van der Waals surface area contributed by atoms with Gasteiger partial charge in [-0.1, -0.05) is 24.3 Å². The minimum absolute atomic E-state index is 0.00917. The van der Waals surface area contributed by atoms with Crippen LogP contribution >= 0.6 is 11.3 Å². The van der Waals surface area contributed by atoms with Gasteiger partial charge >= 0.3 is 5.97 Å². The van der Waals surface area contributed by atoms with Gasteiger partial charge < -0.3 is 4.74 Å². The first-order valence-corrected chi connectivity index (χ1v) is 9.45. The molecule has 1 aliphatic heterocycles. The van der Waals surface area contributed by atoms with Crippen LogP contribution in [0.25, 0.3) is 10.2 Å². The molecule has 1 saturated heterocycles. The zero-order valence-corrected chi connectivity index (χ0v) is 14.9. The van der Waals surface area contributed by atoms with E-state index < -0.39 is 5.97 Å². The van der Waals surface area contributed by atoms with Crippen LogP contribution in [0.4, 0.5) is 0 Å². The van der Waals surface area contributed by atoms with Crippen LogP contribution in [-0.2, 0) is 25.7 Å². The van der Waals surface area contributed by atoms with Gasteiger partial charge in [0.25, 0.3) is 0 Å². The van der Waals surface area contributed by atoms with Crippen molar-refractivity contribution >= 4 is 39.3 Å². The van der Waals surface area contributed by atoms with E-state index in [9.17, 15) is 14.4 Å². The molecular formula is C19H18N2O4S. The summed E-state index contributed by atoms with van der Waals surface area (Å²) in [5.41, 5.74) is 0.882. The molecule has 2 amide bonds. The number of carbonyl (C=O) groups excluding carboxylic acids is 3. The summed E-state index contributed by atoms with van der Waals surface area (Å²) < 4.78 is 6.30. The largest absolute Gasteiger partial charge is 0.458 e. The number of ether oxygens (including phenoxy) is 1. The maximum absolute atomic E-state index is 12.4. The normalized spacial score (nSPS) is 22.1. The van der Waals surface area contributed by atoms with Gasteiger partial charge in [0.2, 0.25) is 11.8 Å². The highest BCUT2D eigenvalue weighted by Crippen LogP contribution is 2.35. The molecule has 4 rings (SSSR count). The smallest absolute Gasteiger partial charge is 0.308 e. The van der Waals surface area contributed by atoms with Crippen LogP contribution in [0.5, 0.6) is 0 Å². The quantitative estimate of drug-likeness (QED) is 0.459. The number of para-hydroxylation sites is 1. The molecule has 134 valence electrons. The number of hydrogen-bond acceptors (Lipinski definition) is 6. The van der Waals surface area contributed by atoms with E-state index in [1.54, 1.807) is 0 Å². The number of hydrogen-bond donors (Lipinski definition) is 0. The van der Waals surface area contributed by atoms with E-state index >= 15 is 0 Å². The summed E-state index contributed by atoms with van der Waals surface area (Å²) in [4.78, 5) is 42.3. The van der Waals surface area contributed by atoms with E-state index in [0.717, 1.165) is 15.2 Å². The number of esters is 1. The molecule has 1 aromatic carbocycles. The van der Waals surface area contributed by atoms with E-state index in [-0.39, 0.29) is 43.2 Å². The van der Waals surface area contributed by atoms with Crippen LogP contribution in [0.2, 0.25) is 0 Å². The molecule has 1 fully saturated rings. The molecule has 0 N–H and O–H groups in total. The lowest BCUT2D eigenvalue weighted by Gasteiger charge is -2.14. The summed E-state index contributed by atoms with van der Waals surface area (Å²) in [6.45, 7) is 0.193. The van der Waals surface area contributed by atoms with Gasteiger partial charge in [0, 0.05) is 6.54 Å². The van der Waals surface area contributed by atoms with Crippen LogP contribution in [-0.4, -0.2) is 34.2 Å². The summed E-state index contributed by atoms with van der Waals surface area (Å²) in [6.07, 6.45) is 5.11. The summed E-state index contributed by atoms with van der Waals surface area (Å²) in [5.74, 6) is -1.28. The Kier molecular flexibility index (Phi) is 4.55. The van der Waals surface area contributed by atoms with Crippen LogP contribution in [0, 0.1) is 11.8 Å². The van der Waals surface area contributed by atoms with Gasteiger partial charge in [-0.2, -0.15) is 0 Å². The molecule has 1 aliphatic carbocycles. The Morgan fingerprint density at radius 3 is 2.54 bits per heavy atom. The van der Waals surface area contributed by atoms with E-state index in [2.05, 4.69) is 4.98 Å². The van der Waals surface area contributed by atoms with Crippen LogP contribution in [0.1, 0.15) is 24.3 Å². The Balaban J connectivity index is 1.30. The third-order valence-corrected chi connectivity index (χ3v) is 5.84. The number of allylic oxidation sites excluding steroid dienone is 2. The zero-order valence-electron chi connectivity index (χ0n) is 14.1. The predicted octanol–water partition coefficient (Wildman–Crippen LogP) is 2.68. The standard InChI is InChI=1S/C19H18N2O4S/c22-17(25-11-16-20-14-7-3-4-8-15(14)26-16)9-10-21-18(23)12-5-1-2-6-13(12)19(21)24/h1-4,7-8,12-13H,5-6,9-11H2/t12-,13-/m0/s1. The van der Waals surface area contributed by atoms with Crippen molar-refractivity contribution in [3.63, 3.8) is 0 Å². The molecule has 0 radical (unpaired) electrons. The summed E-state index contributed by atoms with van der Waals surface area (Å²) in [7, 11) is 0. The number of amides is 2. The van der Waals surface area contributed by atoms with Gasteiger partial charge in [-0.3, -0.25) is 19.3 Å². The van der Waals surface area contributed by atoms with Crippen molar-refractivity contribution in [1.82, 2.24) is 9.88 Å². The van der Waals surface area contributed by atoms with Crippen molar-refractivity contribution in [2.45, 2.75) is 25.9 Å². The van der Waals surface area contributed by atoms with Gasteiger partial charge in [0.1, 0.15) is 11.6 Å². The number of likely N-dealkylation sites (tertiary alicyclic amines) is 1. The fourth-order valence-corrected chi connectivity index (χ4v) is 4.37. The second kappa shape index (κ2) is 6.99. The lowest BCUT2D eigenvalue weighted by atomic mass is 9.85. The maximum Gasteiger partial charge on any atom is 0.308 e. The molecule has 6 nitrogen and oxygen atoms in total. The van der Waals surface area contributed by atoms with Gasteiger partial charge in [-0.05, 0) is 25.0 Å². The van der Waals surface area contributed by atoms with E-state index in [0.29, 0.717) is 12.8 Å². The van der Waals surface area contributed by atoms with Crippen LogP contribution in [0.3, 0.4) is 0 Å². The SMILES string of the molecule is O=C(CCN1C(=O)[C@H]2CC=CC[C@@H]2C1=O)OCc1nc2ccccc2s1. The fourth-order valence-electron chi connectivity index (χ4n) is 3.49. The van der Waals surface area contributed by atoms with Gasteiger partial charge in [-0.25, -0.2) is 4.98 Å². The first-order chi connectivity index (χ1) is 12.6. The second-order valence-corrected chi connectivity index (χ2v) is 7.59. The van der Waals surface area contributed by atoms with Crippen molar-refractivity contribution in [3.8, 4) is 0 Å². The highest BCUT2D eigenvalue weighted by Gasteiger charge is 2.46. The van der Waals surface area contributed by atoms with Crippen molar-refractivity contribution in [3.05, 3.63) is 41.4 Å². The monoisotopic (exact) mass is 370 g/mol. The van der Waals surface area contributed by atoms with Crippen molar-refractivity contribution < 1.29 is 19.1 Å². The third kappa shape index (κ3) is 3.14. The molecule has 0 bridgehead atoms. The first kappa shape index (κ1) is 16.9. The fraction of sp³-hybridized carbons (Fsp3) is 0.368. The number of imide groups is 1. The summed E-state index contributed by atoms with van der Waals surface area (Å²) in [5, 5.41) is 0.727. The molecule has 26 heavy (non-hydrogen) atoms. The molecule has 0 unspecified atom stereocenters. The average Bonchev–Trinajstić information content (AvgIpc) is 3.18. The molecule has 2 heterocycles. The highest BCUT2D eigenvalue weighted by atomic mass is 32.1. The Labute approximate surface area is 154 Å². The van der Waals surface area contributed by atoms with Gasteiger partial charge in [-0.15, -0.1) is 11.3 Å². The third-order valence-electron chi connectivity index (χ3n) is 4.83. The Bertz CT molecular complexity index is 845. The zero-order chi connectivity index (χ0) is 18.1. The Morgan fingerprint density at radius 2 is 1.85 bits per heavy atom. The Hall–Kier alpha value is -2.54. The van der Waals surface area contributed by atoms with E-state index in [4.69, 9.17) is 4.74 Å². The second-order valence-electron chi connectivity index (χ2n) is 6.47. The average molecular weight is 370 g/mol. The number of fused-ring (bicyclic) bond motifs is 2. The molecular weight excluding hydrogens is 352 g/mol. The van der Waals surface area contributed by atoms with Crippen molar-refractivity contribution in [2.24, 2.45) is 11.8 Å². The number of nitrogens with zero attached hydrogens (tertiary/aromatic N) is 2. The minimum atomic E-state index is -0.433. The molecule has 7 heteroatoms. The number of thiazole rings is 1. The van der Waals surface area contributed by atoms with Crippen molar-refractivity contribution in [2.75, 3.05) is 6.54 Å². The number of carbonyl (C=O) groups is 3. The Morgan fingerprint density at radius 1 is 1.15 bits per heavy atom. The number of rotatable bonds is 5. The lowest BCUT2D eigenvalue weighted by molar-refractivity contribution is -0.146. The van der Waals surface area contributed by atoms with Gasteiger partial charge in [0.15, 0.2) is 0 Å². The predicted molar refractivity (Wildman–Crippen MR) is 96.1 cm³/mol. The summed E-state index contributed by atoms with van der Waals surface area (Å²) >= 11 is 1.48. The first-order valence-electron chi connectivity index (χ1n) is 8.64. The van der Waals surface area contributed by atoms with Crippen LogP contribution < -0.4 is 0 Å². The van der Waals surface area contributed by atoms with E-state index in [1.807, 2.05) is 36.4 Å². The van der Waals surface area contributed by atoms with E-state index in [1.165, 1.54) is 16.2 Å². The van der Waals surface area contributed by atoms with Gasteiger partial charge in [0.05, 0.1) is 28.5 Å². The number of benzene rings is 1. The van der Waals surface area contributed by atoms with Crippen molar-refractivity contribution in [1.29, 1.82) is 0 Å². The van der Waals surface area contributed by atoms with Crippen LogP contribution in [0.15, 0.2) is 36.4 Å². The molecule has 0 spiro atoms. The molecule has 2 atom stereocenters. The highest BCUT2D eigenvalue weighted by molar-refractivity contribution is 7.18. The molecule has 2 aromatic rings. The number of aromatic nitrogens is 1. The maximum atomic E-state index is 12.4. The summed E-state index contributed by atoms with van der Waals surface area (Å²) in [6, 6.07) is 7.73. The molecule has 1 aromatic heterocycles. The molecule has 2 aliphatic rings. The minimum Gasteiger partial charge on any atom is -0.458 e. The topological polar surface area (TPSA) is 76.6 Å².